The number of amides is 1. The van der Waals surface area contributed by atoms with Crippen molar-refractivity contribution >= 4 is 33.0 Å². The molecule has 2 aromatic rings. The van der Waals surface area contributed by atoms with Gasteiger partial charge in [0, 0.05) is 29.3 Å². The molecule has 0 heterocycles. The largest absolute Gasteiger partial charge is 0.393 e. The molecule has 0 aliphatic heterocycles. The third-order valence-corrected chi connectivity index (χ3v) is 9.21. The molecule has 2 aliphatic rings. The summed E-state index contributed by atoms with van der Waals surface area (Å²) in [6, 6.07) is 4.69. The number of hydrogen-bond acceptors (Lipinski definition) is 5. The molecule has 11 heteroatoms. The van der Waals surface area contributed by atoms with E-state index in [1.165, 1.54) is 12.1 Å². The maximum Gasteiger partial charge on any atom is 0.255 e. The highest BCUT2D eigenvalue weighted by Gasteiger charge is 2.61. The second-order valence-electron chi connectivity index (χ2n) is 8.27. The van der Waals surface area contributed by atoms with Crippen LogP contribution in [0, 0.1) is 29.3 Å². The Kier molecular flexibility index (Phi) is 5.77. The van der Waals surface area contributed by atoms with Crippen LogP contribution < -0.4 is 5.32 Å². The molecule has 172 valence electrons. The molecule has 0 aromatic heterocycles. The molecular formula is C21H19ClF3NO5S. The van der Waals surface area contributed by atoms with E-state index in [1.807, 2.05) is 0 Å². The van der Waals surface area contributed by atoms with Crippen LogP contribution in [0.1, 0.15) is 29.6 Å². The number of sulfone groups is 1. The Morgan fingerprint density at radius 2 is 1.81 bits per heavy atom. The molecule has 2 fully saturated rings. The molecule has 0 spiro atoms. The molecule has 2 bridgehead atoms. The van der Waals surface area contributed by atoms with E-state index in [9.17, 15) is 36.6 Å². The van der Waals surface area contributed by atoms with Gasteiger partial charge < -0.3 is 15.5 Å². The summed E-state index contributed by atoms with van der Waals surface area (Å²) in [6.45, 7) is -0.554. The minimum Gasteiger partial charge on any atom is -0.393 e. The smallest absolute Gasteiger partial charge is 0.255 e. The number of anilines is 1. The maximum atomic E-state index is 13.4. The minimum absolute atomic E-state index is 0.126. The summed E-state index contributed by atoms with van der Waals surface area (Å²) in [7, 11) is -4.09. The zero-order chi connectivity index (χ0) is 23.4. The summed E-state index contributed by atoms with van der Waals surface area (Å²) in [4.78, 5) is 12.3. The molecule has 3 N–H and O–H groups in total. The first-order valence-electron chi connectivity index (χ1n) is 9.80. The fourth-order valence-electron chi connectivity index (χ4n) is 4.94. The first-order chi connectivity index (χ1) is 15.0. The minimum atomic E-state index is -4.09. The van der Waals surface area contributed by atoms with Gasteiger partial charge in [0.1, 0.15) is 0 Å². The van der Waals surface area contributed by atoms with Crippen LogP contribution in [0.4, 0.5) is 18.9 Å². The van der Waals surface area contributed by atoms with Crippen LogP contribution >= 0.6 is 11.6 Å². The van der Waals surface area contributed by atoms with Gasteiger partial charge in [0.05, 0.1) is 27.4 Å². The molecule has 1 amide bonds. The number of carbonyl (C=O) groups excluding carboxylic acids is 1. The van der Waals surface area contributed by atoms with Gasteiger partial charge in [0.2, 0.25) is 0 Å². The fraction of sp³-hybridized carbons (Fsp3) is 0.381. The van der Waals surface area contributed by atoms with Crippen LogP contribution in [0.5, 0.6) is 0 Å². The number of carbonyl (C=O) groups is 1. The first-order valence-corrected chi connectivity index (χ1v) is 11.7. The standard InChI is InChI=1S/C21H19ClF3NO5S/c22-14-4-2-10(20(28)26-12-6-15(23)18(25)16(24)7-12)5-17(14)32(30,31)19-11-1-3-13(19)21(29,8-11)9-27/h2,4-7,11,13,19,27,29H,1,3,8-9H2,(H,26,28)/t11?,13?,19-,21-/m1/s1. The fourth-order valence-corrected chi connectivity index (χ4v) is 7.87. The monoisotopic (exact) mass is 489 g/mol. The van der Waals surface area contributed by atoms with Gasteiger partial charge in [-0.15, -0.1) is 0 Å². The van der Waals surface area contributed by atoms with Gasteiger partial charge in [-0.3, -0.25) is 4.79 Å². The Morgan fingerprint density at radius 1 is 1.16 bits per heavy atom. The topological polar surface area (TPSA) is 104 Å². The Labute approximate surface area is 186 Å². The lowest BCUT2D eigenvalue weighted by atomic mass is 9.85. The van der Waals surface area contributed by atoms with E-state index < -0.39 is 56.6 Å². The number of rotatable bonds is 5. The van der Waals surface area contributed by atoms with Gasteiger partial charge in [-0.2, -0.15) is 0 Å². The molecule has 0 saturated heterocycles. The zero-order valence-corrected chi connectivity index (χ0v) is 18.1. The third kappa shape index (κ3) is 3.68. The summed E-state index contributed by atoms with van der Waals surface area (Å²) >= 11 is 6.14. The SMILES string of the molecule is O=C(Nc1cc(F)c(F)c(F)c1)c1ccc(Cl)c(S(=O)(=O)[C@@H]2C3CCC2[C@](O)(CO)C3)c1. The Hall–Kier alpha value is -2.14. The normalized spacial score (nSPS) is 27.0. The first kappa shape index (κ1) is 23.0. The van der Waals surface area contributed by atoms with E-state index in [1.54, 1.807) is 0 Å². The van der Waals surface area contributed by atoms with Gasteiger partial charge in [-0.25, -0.2) is 21.6 Å². The van der Waals surface area contributed by atoms with E-state index in [0.717, 1.165) is 6.07 Å². The molecule has 32 heavy (non-hydrogen) atoms. The van der Waals surface area contributed by atoms with Crippen LogP contribution in [0.2, 0.25) is 5.02 Å². The number of nitrogens with one attached hydrogen (secondary N) is 1. The molecule has 4 rings (SSSR count). The van der Waals surface area contributed by atoms with Crippen LogP contribution in [0.25, 0.3) is 0 Å². The van der Waals surface area contributed by atoms with Crippen LogP contribution in [0.15, 0.2) is 35.2 Å². The average Bonchev–Trinajstić information content (AvgIpc) is 3.28. The van der Waals surface area contributed by atoms with Crippen molar-refractivity contribution in [3.05, 3.63) is 58.4 Å². The number of fused-ring (bicyclic) bond motifs is 2. The van der Waals surface area contributed by atoms with Gasteiger partial charge in [-0.05, 0) is 43.4 Å². The Balaban J connectivity index is 1.65. The molecule has 2 aliphatic carbocycles. The molecule has 2 unspecified atom stereocenters. The number of hydrogen-bond donors (Lipinski definition) is 3. The van der Waals surface area contributed by atoms with Crippen molar-refractivity contribution in [2.45, 2.75) is 35.0 Å². The van der Waals surface area contributed by atoms with Crippen molar-refractivity contribution in [2.24, 2.45) is 11.8 Å². The number of aliphatic hydroxyl groups excluding tert-OH is 1. The number of benzene rings is 2. The van der Waals surface area contributed by atoms with Crippen LogP contribution in [-0.2, 0) is 9.84 Å². The van der Waals surface area contributed by atoms with Gasteiger partial charge in [0.15, 0.2) is 27.3 Å². The molecule has 2 aromatic carbocycles. The summed E-state index contributed by atoms with van der Waals surface area (Å²) in [5.74, 6) is -6.58. The molecule has 2 saturated carbocycles. The summed E-state index contributed by atoms with van der Waals surface area (Å²) in [5.41, 5.74) is -1.99. The van der Waals surface area contributed by atoms with Crippen LogP contribution in [0.3, 0.4) is 0 Å². The van der Waals surface area contributed by atoms with Crippen molar-refractivity contribution < 1.29 is 36.6 Å². The summed E-state index contributed by atoms with van der Waals surface area (Å²) in [6.07, 6.45) is 1.17. The maximum absolute atomic E-state index is 13.4. The van der Waals surface area contributed by atoms with Crippen molar-refractivity contribution in [1.82, 2.24) is 0 Å². The molecule has 0 radical (unpaired) electrons. The van der Waals surface area contributed by atoms with Gasteiger partial charge in [0.25, 0.3) is 5.91 Å². The average molecular weight is 490 g/mol. The second kappa shape index (κ2) is 8.02. The van der Waals surface area contributed by atoms with Crippen molar-refractivity contribution in [3.8, 4) is 0 Å². The van der Waals surface area contributed by atoms with E-state index >= 15 is 0 Å². The zero-order valence-electron chi connectivity index (χ0n) is 16.5. The van der Waals surface area contributed by atoms with E-state index in [-0.39, 0.29) is 33.5 Å². The summed E-state index contributed by atoms with van der Waals surface area (Å²) in [5, 5.41) is 21.3. The van der Waals surface area contributed by atoms with E-state index in [2.05, 4.69) is 5.32 Å². The Bertz CT molecular complexity index is 1180. The highest BCUT2D eigenvalue weighted by molar-refractivity contribution is 7.92. The van der Waals surface area contributed by atoms with E-state index in [0.29, 0.717) is 25.0 Å². The predicted molar refractivity (Wildman–Crippen MR) is 110 cm³/mol. The van der Waals surface area contributed by atoms with E-state index in [4.69, 9.17) is 11.6 Å². The van der Waals surface area contributed by atoms with Gasteiger partial charge >= 0.3 is 0 Å². The lowest BCUT2D eigenvalue weighted by molar-refractivity contribution is -0.0562. The van der Waals surface area contributed by atoms with Crippen molar-refractivity contribution in [2.75, 3.05) is 11.9 Å². The second-order valence-corrected chi connectivity index (χ2v) is 10.8. The molecular weight excluding hydrogens is 471 g/mol. The Morgan fingerprint density at radius 3 is 2.41 bits per heavy atom. The highest BCUT2D eigenvalue weighted by atomic mass is 35.5. The quantitative estimate of drug-likeness (QED) is 0.559. The highest BCUT2D eigenvalue weighted by Crippen LogP contribution is 2.55. The van der Waals surface area contributed by atoms with Crippen LogP contribution in [-0.4, -0.2) is 42.0 Å². The lowest BCUT2D eigenvalue weighted by Crippen LogP contribution is -2.41. The summed E-state index contributed by atoms with van der Waals surface area (Å²) < 4.78 is 66.8. The molecule has 4 atom stereocenters. The number of aliphatic hydroxyl groups is 2. The lowest BCUT2D eigenvalue weighted by Gasteiger charge is -2.30. The van der Waals surface area contributed by atoms with Gasteiger partial charge in [-0.1, -0.05) is 11.6 Å². The third-order valence-electron chi connectivity index (χ3n) is 6.39. The van der Waals surface area contributed by atoms with Crippen molar-refractivity contribution in [1.29, 1.82) is 0 Å². The predicted octanol–water partition coefficient (Wildman–Crippen LogP) is 3.31. The number of halogens is 4. The van der Waals surface area contributed by atoms with Crippen molar-refractivity contribution in [3.63, 3.8) is 0 Å². The molecule has 6 nitrogen and oxygen atoms in total.